The smallest absolute Gasteiger partial charge is 0.0844 e. The number of aliphatic hydroxyl groups excluding tert-OH is 1. The lowest BCUT2D eigenvalue weighted by atomic mass is 10.2. The molecule has 0 amide bonds. The number of nitrogens with zero attached hydrogens (tertiary/aromatic N) is 2. The third-order valence-corrected chi connectivity index (χ3v) is 2.79. The number of aliphatic hydroxyl groups is 1. The van der Waals surface area contributed by atoms with Gasteiger partial charge in [-0.05, 0) is 20.3 Å². The molecular formula is C9H16ClN3O. The zero-order valence-corrected chi connectivity index (χ0v) is 9.25. The molecule has 0 saturated carbocycles. The second-order valence-electron chi connectivity index (χ2n) is 3.44. The Kier molecular flexibility index (Phi) is 3.92. The molecule has 0 aliphatic heterocycles. The van der Waals surface area contributed by atoms with Crippen molar-refractivity contribution in [2.75, 3.05) is 6.61 Å². The van der Waals surface area contributed by atoms with Crippen LogP contribution in [0.1, 0.15) is 17.8 Å². The second-order valence-corrected chi connectivity index (χ2v) is 3.82. The van der Waals surface area contributed by atoms with Crippen molar-refractivity contribution in [3.8, 4) is 0 Å². The molecule has 1 atom stereocenters. The van der Waals surface area contributed by atoms with E-state index in [0.717, 1.165) is 11.4 Å². The van der Waals surface area contributed by atoms with Crippen LogP contribution in [0.2, 0.25) is 5.02 Å². The van der Waals surface area contributed by atoms with E-state index in [0.29, 0.717) is 18.0 Å². The molecule has 1 rings (SSSR count). The Morgan fingerprint density at radius 2 is 2.21 bits per heavy atom. The molecule has 0 bridgehead atoms. The van der Waals surface area contributed by atoms with Crippen molar-refractivity contribution in [2.24, 2.45) is 5.73 Å². The number of hydrogen-bond acceptors (Lipinski definition) is 3. The first-order chi connectivity index (χ1) is 6.56. The zero-order valence-electron chi connectivity index (χ0n) is 8.50. The molecule has 0 aliphatic carbocycles. The molecule has 80 valence electrons. The third kappa shape index (κ3) is 2.47. The number of aryl methyl sites for hydroxylation is 2. The Hall–Kier alpha value is -0.580. The van der Waals surface area contributed by atoms with E-state index < -0.39 is 0 Å². The molecule has 0 radical (unpaired) electrons. The number of hydrogen-bond donors (Lipinski definition) is 2. The fourth-order valence-electron chi connectivity index (χ4n) is 1.27. The summed E-state index contributed by atoms with van der Waals surface area (Å²) in [6.45, 7) is 4.50. The summed E-state index contributed by atoms with van der Waals surface area (Å²) >= 11 is 5.98. The maximum absolute atomic E-state index is 8.76. The van der Waals surface area contributed by atoms with Crippen LogP contribution in [0, 0.1) is 13.8 Å². The minimum absolute atomic E-state index is 0.00697. The molecule has 5 heteroatoms. The molecule has 1 aromatic heterocycles. The molecular weight excluding hydrogens is 202 g/mol. The third-order valence-electron chi connectivity index (χ3n) is 2.24. The highest BCUT2D eigenvalue weighted by Crippen LogP contribution is 2.18. The maximum Gasteiger partial charge on any atom is 0.0844 e. The molecule has 0 saturated heterocycles. The van der Waals surface area contributed by atoms with E-state index in [2.05, 4.69) is 5.10 Å². The Labute approximate surface area is 88.7 Å². The molecule has 1 heterocycles. The van der Waals surface area contributed by atoms with Gasteiger partial charge in [0.05, 0.1) is 23.0 Å². The van der Waals surface area contributed by atoms with E-state index in [-0.39, 0.29) is 12.6 Å². The highest BCUT2D eigenvalue weighted by Gasteiger charge is 2.09. The zero-order chi connectivity index (χ0) is 10.7. The van der Waals surface area contributed by atoms with Crippen LogP contribution in [0.15, 0.2) is 0 Å². The van der Waals surface area contributed by atoms with Gasteiger partial charge in [0.1, 0.15) is 0 Å². The van der Waals surface area contributed by atoms with Gasteiger partial charge in [0.15, 0.2) is 0 Å². The van der Waals surface area contributed by atoms with Gasteiger partial charge in [-0.2, -0.15) is 5.10 Å². The van der Waals surface area contributed by atoms with Crippen molar-refractivity contribution < 1.29 is 5.11 Å². The van der Waals surface area contributed by atoms with E-state index in [9.17, 15) is 0 Å². The lowest BCUT2D eigenvalue weighted by molar-refractivity contribution is 0.254. The molecule has 14 heavy (non-hydrogen) atoms. The van der Waals surface area contributed by atoms with Crippen LogP contribution in [-0.4, -0.2) is 27.5 Å². The highest BCUT2D eigenvalue weighted by molar-refractivity contribution is 6.31. The van der Waals surface area contributed by atoms with E-state index in [1.165, 1.54) is 0 Å². The standard InChI is InChI=1S/C9H16ClN3O/c1-6-9(10)7(2)13(12-6)4-3-8(11)5-14/h8,14H,3-5,11H2,1-2H3. The van der Waals surface area contributed by atoms with Crippen LogP contribution in [0.4, 0.5) is 0 Å². The molecule has 1 aromatic rings. The summed E-state index contributed by atoms with van der Waals surface area (Å²) in [4.78, 5) is 0. The van der Waals surface area contributed by atoms with Gasteiger partial charge in [-0.1, -0.05) is 11.6 Å². The average molecular weight is 218 g/mol. The predicted octanol–water partition coefficient (Wildman–Crippen LogP) is 0.863. The van der Waals surface area contributed by atoms with Crippen LogP contribution >= 0.6 is 11.6 Å². The summed E-state index contributed by atoms with van der Waals surface area (Å²) in [5.41, 5.74) is 7.38. The minimum atomic E-state index is -0.183. The van der Waals surface area contributed by atoms with Crippen LogP contribution in [-0.2, 0) is 6.54 Å². The fourth-order valence-corrected chi connectivity index (χ4v) is 1.41. The SMILES string of the molecule is Cc1nn(CCC(N)CO)c(C)c1Cl. The first-order valence-corrected chi connectivity index (χ1v) is 5.00. The van der Waals surface area contributed by atoms with Crippen LogP contribution in [0.3, 0.4) is 0 Å². The summed E-state index contributed by atoms with van der Waals surface area (Å²) in [7, 11) is 0. The summed E-state index contributed by atoms with van der Waals surface area (Å²) in [5, 5.41) is 13.7. The van der Waals surface area contributed by atoms with Gasteiger partial charge in [0.2, 0.25) is 0 Å². The topological polar surface area (TPSA) is 64.1 Å². The van der Waals surface area contributed by atoms with Gasteiger partial charge >= 0.3 is 0 Å². The Morgan fingerprint density at radius 1 is 1.57 bits per heavy atom. The monoisotopic (exact) mass is 217 g/mol. The van der Waals surface area contributed by atoms with Crippen molar-refractivity contribution in [2.45, 2.75) is 32.9 Å². The van der Waals surface area contributed by atoms with Gasteiger partial charge in [0.25, 0.3) is 0 Å². The number of nitrogens with two attached hydrogens (primary N) is 1. The van der Waals surface area contributed by atoms with Crippen molar-refractivity contribution >= 4 is 11.6 Å². The van der Waals surface area contributed by atoms with Crippen LogP contribution < -0.4 is 5.73 Å². The van der Waals surface area contributed by atoms with E-state index >= 15 is 0 Å². The molecule has 0 aliphatic rings. The van der Waals surface area contributed by atoms with Gasteiger partial charge in [-0.25, -0.2) is 0 Å². The lowest BCUT2D eigenvalue weighted by Gasteiger charge is -2.08. The van der Waals surface area contributed by atoms with Crippen molar-refractivity contribution in [1.82, 2.24) is 9.78 Å². The fraction of sp³-hybridized carbons (Fsp3) is 0.667. The first-order valence-electron chi connectivity index (χ1n) is 4.62. The summed E-state index contributed by atoms with van der Waals surface area (Å²) in [6.07, 6.45) is 0.703. The number of rotatable bonds is 4. The summed E-state index contributed by atoms with van der Waals surface area (Å²) in [5.74, 6) is 0. The molecule has 0 fully saturated rings. The Morgan fingerprint density at radius 3 is 2.64 bits per heavy atom. The van der Waals surface area contributed by atoms with Crippen molar-refractivity contribution in [3.63, 3.8) is 0 Å². The second kappa shape index (κ2) is 4.77. The Balaban J connectivity index is 2.63. The molecule has 4 nitrogen and oxygen atoms in total. The van der Waals surface area contributed by atoms with E-state index in [4.69, 9.17) is 22.4 Å². The van der Waals surface area contributed by atoms with Gasteiger partial charge in [0, 0.05) is 12.6 Å². The first kappa shape index (κ1) is 11.5. The predicted molar refractivity (Wildman–Crippen MR) is 56.4 cm³/mol. The number of halogens is 1. The molecule has 1 unspecified atom stereocenters. The molecule has 3 N–H and O–H groups in total. The summed E-state index contributed by atoms with van der Waals surface area (Å²) in [6, 6.07) is -0.183. The van der Waals surface area contributed by atoms with Crippen molar-refractivity contribution in [3.05, 3.63) is 16.4 Å². The van der Waals surface area contributed by atoms with Crippen molar-refractivity contribution in [1.29, 1.82) is 0 Å². The van der Waals surface area contributed by atoms with E-state index in [1.54, 1.807) is 0 Å². The summed E-state index contributed by atoms with van der Waals surface area (Å²) < 4.78 is 1.83. The average Bonchev–Trinajstić information content (AvgIpc) is 2.42. The lowest BCUT2D eigenvalue weighted by Crippen LogP contribution is -2.26. The van der Waals surface area contributed by atoms with Gasteiger partial charge in [-0.3, -0.25) is 4.68 Å². The van der Waals surface area contributed by atoms with Gasteiger partial charge < -0.3 is 10.8 Å². The normalized spacial score (nSPS) is 13.2. The highest BCUT2D eigenvalue weighted by atomic mass is 35.5. The van der Waals surface area contributed by atoms with E-state index in [1.807, 2.05) is 18.5 Å². The van der Waals surface area contributed by atoms with Crippen LogP contribution in [0.5, 0.6) is 0 Å². The largest absolute Gasteiger partial charge is 0.395 e. The minimum Gasteiger partial charge on any atom is -0.395 e. The van der Waals surface area contributed by atoms with Gasteiger partial charge in [-0.15, -0.1) is 0 Å². The Bertz CT molecular complexity index is 311. The quantitative estimate of drug-likeness (QED) is 0.787. The van der Waals surface area contributed by atoms with Crippen LogP contribution in [0.25, 0.3) is 0 Å². The molecule has 0 aromatic carbocycles. The molecule has 0 spiro atoms. The number of aromatic nitrogens is 2. The maximum atomic E-state index is 8.76.